The molecule has 0 aromatic heterocycles. The van der Waals surface area contributed by atoms with Gasteiger partial charge in [0.05, 0.1) is 12.7 Å². The third-order valence-corrected chi connectivity index (χ3v) is 5.49. The first-order valence-corrected chi connectivity index (χ1v) is 9.91. The highest BCUT2D eigenvalue weighted by Gasteiger charge is 2.22. The number of benzene rings is 3. The van der Waals surface area contributed by atoms with Crippen LogP contribution in [0, 0.1) is 5.82 Å². The molecule has 3 nitrogen and oxygen atoms in total. The predicted molar refractivity (Wildman–Crippen MR) is 113 cm³/mol. The van der Waals surface area contributed by atoms with Gasteiger partial charge in [-0.05, 0) is 65.8 Å². The van der Waals surface area contributed by atoms with Gasteiger partial charge in [0.15, 0.2) is 0 Å². The first-order chi connectivity index (χ1) is 14.1. The van der Waals surface area contributed by atoms with Gasteiger partial charge in [-0.2, -0.15) is 0 Å². The van der Waals surface area contributed by atoms with Crippen molar-refractivity contribution >= 4 is 11.7 Å². The Balaban J connectivity index is 1.49. The van der Waals surface area contributed by atoms with Gasteiger partial charge < -0.3 is 9.64 Å². The minimum absolute atomic E-state index is 0.189. The van der Waals surface area contributed by atoms with E-state index in [-0.39, 0.29) is 11.8 Å². The van der Waals surface area contributed by atoms with Crippen molar-refractivity contribution in [1.82, 2.24) is 0 Å². The highest BCUT2D eigenvalue weighted by Crippen LogP contribution is 2.34. The van der Waals surface area contributed by atoms with Gasteiger partial charge in [0.1, 0.15) is 5.82 Å². The summed E-state index contributed by atoms with van der Waals surface area (Å²) in [6.45, 7) is 1.67. The van der Waals surface area contributed by atoms with Gasteiger partial charge in [0.2, 0.25) is 0 Å². The molecule has 0 saturated heterocycles. The van der Waals surface area contributed by atoms with Crippen LogP contribution in [0.3, 0.4) is 0 Å². The van der Waals surface area contributed by atoms with Crippen LogP contribution in [0.1, 0.15) is 32.6 Å². The van der Waals surface area contributed by atoms with Crippen LogP contribution in [-0.2, 0) is 30.5 Å². The third kappa shape index (κ3) is 4.32. The fourth-order valence-electron chi connectivity index (χ4n) is 4.04. The number of halogens is 1. The van der Waals surface area contributed by atoms with E-state index in [0.29, 0.717) is 5.56 Å². The Kier molecular flexibility index (Phi) is 5.61. The van der Waals surface area contributed by atoms with Crippen LogP contribution >= 0.6 is 0 Å². The molecule has 0 amide bonds. The van der Waals surface area contributed by atoms with Gasteiger partial charge in [-0.1, -0.05) is 42.5 Å². The molecule has 0 bridgehead atoms. The van der Waals surface area contributed by atoms with E-state index in [1.807, 2.05) is 30.3 Å². The maximum atomic E-state index is 13.6. The summed E-state index contributed by atoms with van der Waals surface area (Å²) in [5.41, 5.74) is 6.71. The molecule has 148 valence electrons. The molecular formula is C25H24FNO2. The van der Waals surface area contributed by atoms with Gasteiger partial charge in [-0.25, -0.2) is 9.18 Å². The normalized spacial score (nSPS) is 12.7. The number of aryl methyl sites for hydroxylation is 2. The summed E-state index contributed by atoms with van der Waals surface area (Å²) in [4.78, 5) is 13.9. The SMILES string of the molecule is COC(=O)c1ccc(CCc2cccc3c2N(Cc2cccc(F)c2)CC3)cc1. The Morgan fingerprint density at radius 3 is 2.55 bits per heavy atom. The Morgan fingerprint density at radius 2 is 1.79 bits per heavy atom. The lowest BCUT2D eigenvalue weighted by Gasteiger charge is -2.22. The van der Waals surface area contributed by atoms with Gasteiger partial charge in [0.25, 0.3) is 0 Å². The smallest absolute Gasteiger partial charge is 0.337 e. The lowest BCUT2D eigenvalue weighted by Crippen LogP contribution is -2.21. The lowest BCUT2D eigenvalue weighted by atomic mass is 9.99. The number of ether oxygens (including phenoxy) is 1. The molecule has 0 N–H and O–H groups in total. The Morgan fingerprint density at radius 1 is 1.00 bits per heavy atom. The summed E-state index contributed by atoms with van der Waals surface area (Å²) in [7, 11) is 1.39. The second-order valence-electron chi connectivity index (χ2n) is 7.41. The van der Waals surface area contributed by atoms with Gasteiger partial charge in [0, 0.05) is 18.8 Å². The van der Waals surface area contributed by atoms with Crippen LogP contribution in [0.25, 0.3) is 0 Å². The average Bonchev–Trinajstić information content (AvgIpc) is 3.15. The second-order valence-corrected chi connectivity index (χ2v) is 7.41. The van der Waals surface area contributed by atoms with Crippen LogP contribution < -0.4 is 4.90 Å². The minimum Gasteiger partial charge on any atom is -0.465 e. The van der Waals surface area contributed by atoms with Crippen molar-refractivity contribution in [3.8, 4) is 0 Å². The van der Waals surface area contributed by atoms with Crippen LogP contribution in [0.4, 0.5) is 10.1 Å². The molecule has 0 spiro atoms. The van der Waals surface area contributed by atoms with Crippen molar-refractivity contribution in [3.05, 3.63) is 100 Å². The van der Waals surface area contributed by atoms with E-state index in [1.54, 1.807) is 12.1 Å². The summed E-state index contributed by atoms with van der Waals surface area (Å²) >= 11 is 0. The maximum Gasteiger partial charge on any atom is 0.337 e. The molecule has 0 unspecified atom stereocenters. The highest BCUT2D eigenvalue weighted by atomic mass is 19.1. The van der Waals surface area contributed by atoms with E-state index < -0.39 is 0 Å². The molecule has 0 radical (unpaired) electrons. The molecule has 4 heteroatoms. The first kappa shape index (κ1) is 19.2. The zero-order valence-electron chi connectivity index (χ0n) is 16.5. The number of rotatable bonds is 6. The standard InChI is InChI=1S/C25H24FNO2/c1-29-25(28)22-12-9-18(10-13-22)8-11-20-5-3-6-21-14-15-27(24(20)21)17-19-4-2-7-23(26)16-19/h2-7,9-10,12-13,16H,8,11,14-15,17H2,1H3. The molecule has 1 heterocycles. The van der Waals surface area contributed by atoms with Crippen molar-refractivity contribution in [2.75, 3.05) is 18.6 Å². The highest BCUT2D eigenvalue weighted by molar-refractivity contribution is 5.89. The summed E-state index contributed by atoms with van der Waals surface area (Å²) in [5.74, 6) is -0.504. The molecular weight excluding hydrogens is 365 g/mol. The molecule has 1 aliphatic heterocycles. The number of methoxy groups -OCH3 is 1. The number of fused-ring (bicyclic) bond motifs is 1. The lowest BCUT2D eigenvalue weighted by molar-refractivity contribution is 0.0600. The third-order valence-electron chi connectivity index (χ3n) is 5.49. The maximum absolute atomic E-state index is 13.6. The van der Waals surface area contributed by atoms with Crippen LogP contribution in [-0.4, -0.2) is 19.6 Å². The predicted octanol–water partition coefficient (Wildman–Crippen LogP) is 4.96. The number of carbonyl (C=O) groups is 1. The Hall–Kier alpha value is -3.14. The molecule has 29 heavy (non-hydrogen) atoms. The van der Waals surface area contributed by atoms with Crippen molar-refractivity contribution in [1.29, 1.82) is 0 Å². The summed E-state index contributed by atoms with van der Waals surface area (Å²) < 4.78 is 18.3. The molecule has 1 aliphatic rings. The van der Waals surface area contributed by atoms with E-state index in [4.69, 9.17) is 4.74 Å². The number of para-hydroxylation sites is 1. The zero-order valence-corrected chi connectivity index (χ0v) is 16.5. The summed E-state index contributed by atoms with van der Waals surface area (Å²) in [5, 5.41) is 0. The van der Waals surface area contributed by atoms with E-state index in [9.17, 15) is 9.18 Å². The van der Waals surface area contributed by atoms with E-state index in [2.05, 4.69) is 23.1 Å². The van der Waals surface area contributed by atoms with Crippen LogP contribution in [0.2, 0.25) is 0 Å². The number of hydrogen-bond donors (Lipinski definition) is 0. The molecule has 0 aliphatic carbocycles. The first-order valence-electron chi connectivity index (χ1n) is 9.91. The Labute approximate surface area is 170 Å². The van der Waals surface area contributed by atoms with E-state index in [1.165, 1.54) is 35.6 Å². The number of anilines is 1. The molecule has 4 rings (SSSR count). The number of hydrogen-bond acceptors (Lipinski definition) is 3. The zero-order chi connectivity index (χ0) is 20.2. The molecule has 0 atom stereocenters. The minimum atomic E-state index is -0.314. The van der Waals surface area contributed by atoms with Gasteiger partial charge in [-0.3, -0.25) is 0 Å². The van der Waals surface area contributed by atoms with Crippen molar-refractivity contribution in [2.24, 2.45) is 0 Å². The van der Waals surface area contributed by atoms with E-state index >= 15 is 0 Å². The summed E-state index contributed by atoms with van der Waals surface area (Å²) in [6.07, 6.45) is 2.83. The van der Waals surface area contributed by atoms with Gasteiger partial charge in [-0.15, -0.1) is 0 Å². The molecule has 0 fully saturated rings. The number of nitrogens with zero attached hydrogens (tertiary/aromatic N) is 1. The quantitative estimate of drug-likeness (QED) is 0.558. The van der Waals surface area contributed by atoms with Crippen LogP contribution in [0.15, 0.2) is 66.7 Å². The summed E-state index contributed by atoms with van der Waals surface area (Å²) in [6, 6.07) is 20.9. The monoisotopic (exact) mass is 389 g/mol. The topological polar surface area (TPSA) is 29.5 Å². The number of esters is 1. The molecule has 3 aromatic carbocycles. The largest absolute Gasteiger partial charge is 0.465 e. The van der Waals surface area contributed by atoms with Crippen molar-refractivity contribution in [2.45, 2.75) is 25.8 Å². The van der Waals surface area contributed by atoms with Crippen molar-refractivity contribution in [3.63, 3.8) is 0 Å². The van der Waals surface area contributed by atoms with Gasteiger partial charge >= 0.3 is 5.97 Å². The second kappa shape index (κ2) is 8.48. The molecule has 3 aromatic rings. The Bertz CT molecular complexity index is 1010. The average molecular weight is 389 g/mol. The fourth-order valence-corrected chi connectivity index (χ4v) is 4.04. The fraction of sp³-hybridized carbons (Fsp3) is 0.240. The molecule has 0 saturated carbocycles. The number of carbonyl (C=O) groups excluding carboxylic acids is 1. The van der Waals surface area contributed by atoms with Crippen molar-refractivity contribution < 1.29 is 13.9 Å². The van der Waals surface area contributed by atoms with E-state index in [0.717, 1.165) is 37.9 Å². The van der Waals surface area contributed by atoms with Crippen LogP contribution in [0.5, 0.6) is 0 Å².